The van der Waals surface area contributed by atoms with Crippen LogP contribution in [0.1, 0.15) is 43.0 Å². The number of aryl methyl sites for hydroxylation is 1. The molecule has 164 valence electrons. The van der Waals surface area contributed by atoms with E-state index in [9.17, 15) is 14.7 Å². The Bertz CT molecular complexity index is 985. The average molecular weight is 424 g/mol. The molecule has 2 heterocycles. The normalized spacial score (nSPS) is 18.1. The molecule has 31 heavy (non-hydrogen) atoms. The predicted octanol–water partition coefficient (Wildman–Crippen LogP) is 3.64. The number of aromatic nitrogens is 1. The summed E-state index contributed by atoms with van der Waals surface area (Å²) in [4.78, 5) is 31.3. The van der Waals surface area contributed by atoms with Gasteiger partial charge in [0.15, 0.2) is 0 Å². The first-order valence-corrected chi connectivity index (χ1v) is 10.3. The molecule has 1 aliphatic heterocycles. The number of nitrogens with zero attached hydrogens (tertiary/aromatic N) is 2. The summed E-state index contributed by atoms with van der Waals surface area (Å²) in [5.74, 6) is -0.821. The van der Waals surface area contributed by atoms with Crippen LogP contribution in [-0.2, 0) is 14.3 Å². The van der Waals surface area contributed by atoms with E-state index in [4.69, 9.17) is 9.47 Å². The van der Waals surface area contributed by atoms with Gasteiger partial charge < -0.3 is 19.5 Å². The van der Waals surface area contributed by atoms with E-state index in [0.29, 0.717) is 36.4 Å². The third kappa shape index (κ3) is 4.77. The quantitative estimate of drug-likeness (QED) is 0.301. The molecule has 1 saturated heterocycles. The molecule has 0 unspecified atom stereocenters. The number of likely N-dealkylation sites (tertiary alicyclic amines) is 1. The summed E-state index contributed by atoms with van der Waals surface area (Å²) in [7, 11) is 1.59. The fraction of sp³-hybridized carbons (Fsp3) is 0.375. The minimum absolute atomic E-state index is 0.0160. The van der Waals surface area contributed by atoms with Gasteiger partial charge in [0.1, 0.15) is 11.5 Å². The molecular weight excluding hydrogens is 396 g/mol. The maximum Gasteiger partial charge on any atom is 0.295 e. The van der Waals surface area contributed by atoms with Crippen LogP contribution in [0.5, 0.6) is 5.75 Å². The van der Waals surface area contributed by atoms with E-state index in [1.165, 1.54) is 4.90 Å². The number of methoxy groups -OCH3 is 1. The molecule has 1 N–H and O–H groups in total. The molecule has 1 amide bonds. The molecule has 7 nitrogen and oxygen atoms in total. The van der Waals surface area contributed by atoms with Gasteiger partial charge in [-0.2, -0.15) is 0 Å². The fourth-order valence-corrected chi connectivity index (χ4v) is 3.72. The largest absolute Gasteiger partial charge is 0.507 e. The lowest BCUT2D eigenvalue weighted by Crippen LogP contribution is -2.31. The number of ether oxygens (including phenoxy) is 2. The number of pyridine rings is 1. The summed E-state index contributed by atoms with van der Waals surface area (Å²) in [5.41, 5.74) is 2.07. The predicted molar refractivity (Wildman–Crippen MR) is 117 cm³/mol. The molecular formula is C24H28N2O5. The van der Waals surface area contributed by atoms with E-state index in [2.05, 4.69) is 4.98 Å². The Hall–Kier alpha value is -3.19. The number of carbonyl (C=O) groups is 2. The molecule has 3 rings (SSSR count). The van der Waals surface area contributed by atoms with Gasteiger partial charge in [0, 0.05) is 38.2 Å². The van der Waals surface area contributed by atoms with Gasteiger partial charge >= 0.3 is 0 Å². The van der Waals surface area contributed by atoms with Crippen molar-refractivity contribution in [2.45, 2.75) is 39.3 Å². The first-order valence-electron chi connectivity index (χ1n) is 10.3. The monoisotopic (exact) mass is 424 g/mol. The lowest BCUT2D eigenvalue weighted by Gasteiger charge is -2.25. The smallest absolute Gasteiger partial charge is 0.295 e. The van der Waals surface area contributed by atoms with Crippen molar-refractivity contribution >= 4 is 17.4 Å². The Kier molecular flexibility index (Phi) is 7.07. The van der Waals surface area contributed by atoms with Crippen LogP contribution < -0.4 is 4.74 Å². The number of ketones is 1. The molecule has 1 aliphatic rings. The minimum Gasteiger partial charge on any atom is -0.507 e. The van der Waals surface area contributed by atoms with E-state index in [1.807, 2.05) is 20.8 Å². The van der Waals surface area contributed by atoms with Gasteiger partial charge in [-0.25, -0.2) is 0 Å². The summed E-state index contributed by atoms with van der Waals surface area (Å²) in [6, 6.07) is 8.03. The maximum absolute atomic E-state index is 13.0. The highest BCUT2D eigenvalue weighted by atomic mass is 16.5. The van der Waals surface area contributed by atoms with Gasteiger partial charge in [-0.3, -0.25) is 14.6 Å². The molecule has 1 atom stereocenters. The number of aliphatic hydroxyl groups excluding tert-OH is 1. The average Bonchev–Trinajstić information content (AvgIpc) is 3.00. The van der Waals surface area contributed by atoms with Crippen LogP contribution in [-0.4, -0.2) is 53.0 Å². The van der Waals surface area contributed by atoms with Gasteiger partial charge in [0.2, 0.25) is 0 Å². The number of carbonyl (C=O) groups excluding carboxylic acids is 2. The molecule has 0 radical (unpaired) electrons. The van der Waals surface area contributed by atoms with Crippen LogP contribution in [0, 0.1) is 6.92 Å². The van der Waals surface area contributed by atoms with Crippen molar-refractivity contribution in [2.24, 2.45) is 0 Å². The van der Waals surface area contributed by atoms with Crippen molar-refractivity contribution in [3.05, 3.63) is 65.0 Å². The minimum atomic E-state index is -0.697. The van der Waals surface area contributed by atoms with Crippen LogP contribution in [0.2, 0.25) is 0 Å². The summed E-state index contributed by atoms with van der Waals surface area (Å²) >= 11 is 0. The molecule has 1 fully saturated rings. The Morgan fingerprint density at radius 2 is 1.90 bits per heavy atom. The Morgan fingerprint density at radius 1 is 1.19 bits per heavy atom. The van der Waals surface area contributed by atoms with Gasteiger partial charge in [0.25, 0.3) is 11.7 Å². The van der Waals surface area contributed by atoms with E-state index >= 15 is 0 Å². The highest BCUT2D eigenvalue weighted by Crippen LogP contribution is 2.39. The van der Waals surface area contributed by atoms with Crippen molar-refractivity contribution < 1.29 is 24.2 Å². The number of amides is 1. The molecule has 1 aromatic carbocycles. The van der Waals surface area contributed by atoms with Crippen molar-refractivity contribution in [2.75, 3.05) is 20.3 Å². The van der Waals surface area contributed by atoms with Crippen LogP contribution in [0.25, 0.3) is 5.76 Å². The zero-order valence-electron chi connectivity index (χ0n) is 18.3. The highest BCUT2D eigenvalue weighted by molar-refractivity contribution is 6.46. The number of hydrogen-bond acceptors (Lipinski definition) is 6. The third-order valence-electron chi connectivity index (χ3n) is 5.12. The molecule has 0 spiro atoms. The van der Waals surface area contributed by atoms with Gasteiger partial charge in [-0.15, -0.1) is 0 Å². The number of benzene rings is 1. The molecule has 0 saturated carbocycles. The molecule has 2 aromatic rings. The fourth-order valence-electron chi connectivity index (χ4n) is 3.72. The Morgan fingerprint density at radius 3 is 2.52 bits per heavy atom. The zero-order chi connectivity index (χ0) is 22.5. The second-order valence-corrected chi connectivity index (χ2v) is 7.77. The number of hydrogen-bond donors (Lipinski definition) is 1. The van der Waals surface area contributed by atoms with Crippen molar-refractivity contribution in [3.8, 4) is 5.75 Å². The first kappa shape index (κ1) is 22.5. The van der Waals surface area contributed by atoms with E-state index < -0.39 is 17.7 Å². The van der Waals surface area contributed by atoms with Crippen LogP contribution in [0.3, 0.4) is 0 Å². The van der Waals surface area contributed by atoms with Crippen molar-refractivity contribution in [1.29, 1.82) is 0 Å². The molecule has 0 aliphatic carbocycles. The van der Waals surface area contributed by atoms with E-state index in [0.717, 1.165) is 5.56 Å². The Balaban J connectivity index is 2.07. The van der Waals surface area contributed by atoms with E-state index in [-0.39, 0.29) is 17.4 Å². The summed E-state index contributed by atoms with van der Waals surface area (Å²) in [6.45, 7) is 6.54. The third-order valence-corrected chi connectivity index (χ3v) is 5.12. The molecule has 1 aromatic heterocycles. The topological polar surface area (TPSA) is 89.0 Å². The lowest BCUT2D eigenvalue weighted by atomic mass is 9.95. The number of aliphatic hydroxyl groups is 1. The summed E-state index contributed by atoms with van der Waals surface area (Å²) in [5, 5.41) is 11.1. The molecule has 7 heteroatoms. The van der Waals surface area contributed by atoms with Crippen LogP contribution in [0.4, 0.5) is 0 Å². The van der Waals surface area contributed by atoms with Crippen LogP contribution in [0.15, 0.2) is 48.3 Å². The van der Waals surface area contributed by atoms with Crippen molar-refractivity contribution in [1.82, 2.24) is 9.88 Å². The molecule has 0 bridgehead atoms. The van der Waals surface area contributed by atoms with Crippen LogP contribution >= 0.6 is 0 Å². The second kappa shape index (κ2) is 9.75. The highest BCUT2D eigenvalue weighted by Gasteiger charge is 2.45. The number of Topliss-reactive ketones (excluding diaryl/α,β-unsaturated/α-hetero) is 1. The van der Waals surface area contributed by atoms with Gasteiger partial charge in [-0.05, 0) is 68.7 Å². The SMILES string of the molecule is COCCCN1C(=O)C(=O)C(=C(O)c2ccc(OC(C)C)c(C)c2)[C@H]1c1ccncc1. The van der Waals surface area contributed by atoms with Gasteiger partial charge in [0.05, 0.1) is 17.7 Å². The summed E-state index contributed by atoms with van der Waals surface area (Å²) in [6.07, 6.45) is 3.80. The zero-order valence-corrected chi connectivity index (χ0v) is 18.3. The second-order valence-electron chi connectivity index (χ2n) is 7.77. The van der Waals surface area contributed by atoms with Gasteiger partial charge in [-0.1, -0.05) is 0 Å². The first-order chi connectivity index (χ1) is 14.8. The maximum atomic E-state index is 13.0. The van der Waals surface area contributed by atoms with Crippen molar-refractivity contribution in [3.63, 3.8) is 0 Å². The Labute approximate surface area is 182 Å². The lowest BCUT2D eigenvalue weighted by molar-refractivity contribution is -0.140. The summed E-state index contributed by atoms with van der Waals surface area (Å²) < 4.78 is 10.9. The van der Waals surface area contributed by atoms with E-state index in [1.54, 1.807) is 49.8 Å². The standard InChI is InChI=1S/C24H28N2O5/c1-15(2)31-19-7-6-18(14-16(19)3)22(27)20-21(17-8-10-25-11-9-17)26(12-5-13-30-4)24(29)23(20)28/h6-11,14-15,21,27H,5,12-13H2,1-4H3/t21-/m1/s1. The number of rotatable bonds is 8.